The molecule has 0 radical (unpaired) electrons. The Labute approximate surface area is 127 Å². The zero-order valence-electron chi connectivity index (χ0n) is 11.1. The number of carbonyl (C=O) groups is 1. The molecule has 2 rings (SSSR count). The van der Waals surface area contributed by atoms with Gasteiger partial charge >= 0.3 is 0 Å². The van der Waals surface area contributed by atoms with Crippen LogP contribution in [0, 0.1) is 0 Å². The van der Waals surface area contributed by atoms with E-state index in [1.165, 1.54) is 0 Å². The normalized spacial score (nSPS) is 10.2. The first-order chi connectivity index (χ1) is 9.65. The summed E-state index contributed by atoms with van der Waals surface area (Å²) in [6.45, 7) is 0.544. The van der Waals surface area contributed by atoms with Gasteiger partial charge in [-0.2, -0.15) is 0 Å². The van der Waals surface area contributed by atoms with Crippen LogP contribution in [0.1, 0.15) is 17.5 Å². The summed E-state index contributed by atoms with van der Waals surface area (Å²) in [5.41, 5.74) is 8.57. The smallest absolute Gasteiger partial charge is 0.220 e. The second-order valence-electron chi connectivity index (χ2n) is 4.61. The second kappa shape index (κ2) is 7.10. The van der Waals surface area contributed by atoms with Gasteiger partial charge in [-0.05, 0) is 35.7 Å². The van der Waals surface area contributed by atoms with Gasteiger partial charge in [-0.15, -0.1) is 0 Å². The number of carbonyl (C=O) groups excluding carboxylic acids is 1. The van der Waals surface area contributed by atoms with Gasteiger partial charge in [0.2, 0.25) is 5.91 Å². The number of benzene rings is 2. The van der Waals surface area contributed by atoms with Crippen LogP contribution in [-0.4, -0.2) is 5.91 Å². The van der Waals surface area contributed by atoms with Crippen molar-refractivity contribution in [1.82, 2.24) is 5.32 Å². The SMILES string of the molecule is Nc1ccc(CCC(=O)NCc2ccccc2Br)cc1. The third-order valence-electron chi connectivity index (χ3n) is 3.05. The average molecular weight is 333 g/mol. The van der Waals surface area contributed by atoms with Crippen molar-refractivity contribution in [2.45, 2.75) is 19.4 Å². The van der Waals surface area contributed by atoms with E-state index in [9.17, 15) is 4.79 Å². The predicted octanol–water partition coefficient (Wildman–Crippen LogP) is 3.28. The summed E-state index contributed by atoms with van der Waals surface area (Å²) in [7, 11) is 0. The van der Waals surface area contributed by atoms with Crippen LogP contribution in [0.4, 0.5) is 5.69 Å². The van der Waals surface area contributed by atoms with Gasteiger partial charge in [0.05, 0.1) is 0 Å². The standard InChI is InChI=1S/C16H17BrN2O/c17-15-4-2-1-3-13(15)11-19-16(20)10-7-12-5-8-14(18)9-6-12/h1-6,8-9H,7,10-11,18H2,(H,19,20). The molecule has 0 bridgehead atoms. The third kappa shape index (κ3) is 4.38. The Morgan fingerprint density at radius 1 is 1.10 bits per heavy atom. The van der Waals surface area contributed by atoms with Crippen LogP contribution < -0.4 is 11.1 Å². The highest BCUT2D eigenvalue weighted by Gasteiger charge is 2.04. The molecule has 0 saturated heterocycles. The van der Waals surface area contributed by atoms with Gasteiger partial charge in [0.15, 0.2) is 0 Å². The van der Waals surface area contributed by atoms with E-state index in [0.717, 1.165) is 27.7 Å². The molecule has 4 heteroatoms. The zero-order chi connectivity index (χ0) is 14.4. The molecule has 0 aromatic heterocycles. The number of nitrogen functional groups attached to an aromatic ring is 1. The lowest BCUT2D eigenvalue weighted by atomic mass is 10.1. The number of amides is 1. The maximum atomic E-state index is 11.8. The summed E-state index contributed by atoms with van der Waals surface area (Å²) in [6.07, 6.45) is 1.20. The number of rotatable bonds is 5. The van der Waals surface area contributed by atoms with E-state index in [2.05, 4.69) is 21.2 Å². The number of nitrogens with two attached hydrogens (primary N) is 1. The van der Waals surface area contributed by atoms with Crippen molar-refractivity contribution in [3.8, 4) is 0 Å². The molecule has 0 fully saturated rings. The highest BCUT2D eigenvalue weighted by molar-refractivity contribution is 9.10. The molecule has 1 amide bonds. The highest BCUT2D eigenvalue weighted by atomic mass is 79.9. The summed E-state index contributed by atoms with van der Waals surface area (Å²) < 4.78 is 1.01. The average Bonchev–Trinajstić information content (AvgIpc) is 2.46. The number of halogens is 1. The lowest BCUT2D eigenvalue weighted by Crippen LogP contribution is -2.23. The van der Waals surface area contributed by atoms with Crippen molar-refractivity contribution >= 4 is 27.5 Å². The Morgan fingerprint density at radius 3 is 2.50 bits per heavy atom. The van der Waals surface area contributed by atoms with Gasteiger partial charge in [0, 0.05) is 23.1 Å². The molecular formula is C16H17BrN2O. The van der Waals surface area contributed by atoms with Gasteiger partial charge in [-0.1, -0.05) is 46.3 Å². The number of aryl methyl sites for hydroxylation is 1. The van der Waals surface area contributed by atoms with E-state index in [0.29, 0.717) is 13.0 Å². The molecule has 0 aliphatic carbocycles. The highest BCUT2D eigenvalue weighted by Crippen LogP contribution is 2.15. The maximum absolute atomic E-state index is 11.8. The van der Waals surface area contributed by atoms with Crippen LogP contribution in [0.5, 0.6) is 0 Å². The lowest BCUT2D eigenvalue weighted by molar-refractivity contribution is -0.121. The van der Waals surface area contributed by atoms with Crippen LogP contribution in [-0.2, 0) is 17.8 Å². The van der Waals surface area contributed by atoms with Crippen molar-refractivity contribution in [1.29, 1.82) is 0 Å². The molecule has 3 N–H and O–H groups in total. The first kappa shape index (κ1) is 14.6. The molecule has 0 atom stereocenters. The van der Waals surface area contributed by atoms with Gasteiger partial charge in [-0.25, -0.2) is 0 Å². The lowest BCUT2D eigenvalue weighted by Gasteiger charge is -2.07. The van der Waals surface area contributed by atoms with E-state index in [1.54, 1.807) is 0 Å². The van der Waals surface area contributed by atoms with Gasteiger partial charge in [0.1, 0.15) is 0 Å². The van der Waals surface area contributed by atoms with Crippen molar-refractivity contribution in [2.24, 2.45) is 0 Å². The number of hydrogen-bond donors (Lipinski definition) is 2. The van der Waals surface area contributed by atoms with Crippen LogP contribution in [0.3, 0.4) is 0 Å². The van der Waals surface area contributed by atoms with E-state index in [1.807, 2.05) is 48.5 Å². The van der Waals surface area contributed by atoms with Crippen LogP contribution in [0.2, 0.25) is 0 Å². The largest absolute Gasteiger partial charge is 0.399 e. The fourth-order valence-corrected chi connectivity index (χ4v) is 2.29. The van der Waals surface area contributed by atoms with E-state index in [-0.39, 0.29) is 5.91 Å². The van der Waals surface area contributed by atoms with Gasteiger partial charge in [0.25, 0.3) is 0 Å². The van der Waals surface area contributed by atoms with E-state index < -0.39 is 0 Å². The summed E-state index contributed by atoms with van der Waals surface area (Å²) in [6, 6.07) is 15.5. The topological polar surface area (TPSA) is 55.1 Å². The van der Waals surface area contributed by atoms with Crippen LogP contribution in [0.15, 0.2) is 53.0 Å². The number of nitrogens with one attached hydrogen (secondary N) is 1. The fraction of sp³-hybridized carbons (Fsp3) is 0.188. The van der Waals surface area contributed by atoms with Crippen LogP contribution in [0.25, 0.3) is 0 Å². The number of hydrogen-bond acceptors (Lipinski definition) is 2. The Morgan fingerprint density at radius 2 is 1.80 bits per heavy atom. The Kier molecular flexibility index (Phi) is 5.18. The molecule has 3 nitrogen and oxygen atoms in total. The minimum Gasteiger partial charge on any atom is -0.399 e. The second-order valence-corrected chi connectivity index (χ2v) is 5.46. The van der Waals surface area contributed by atoms with Crippen molar-refractivity contribution in [3.63, 3.8) is 0 Å². The molecule has 0 heterocycles. The molecule has 0 aliphatic rings. The minimum atomic E-state index is 0.0533. The van der Waals surface area contributed by atoms with Crippen molar-refractivity contribution in [2.75, 3.05) is 5.73 Å². The minimum absolute atomic E-state index is 0.0533. The summed E-state index contributed by atoms with van der Waals surface area (Å²) in [5, 5.41) is 2.93. The van der Waals surface area contributed by atoms with Gasteiger partial charge < -0.3 is 11.1 Å². The molecular weight excluding hydrogens is 316 g/mol. The van der Waals surface area contributed by atoms with E-state index >= 15 is 0 Å². The fourth-order valence-electron chi connectivity index (χ4n) is 1.87. The molecule has 0 spiro atoms. The van der Waals surface area contributed by atoms with Crippen LogP contribution >= 0.6 is 15.9 Å². The predicted molar refractivity (Wildman–Crippen MR) is 85.2 cm³/mol. The Bertz CT molecular complexity index is 581. The first-order valence-corrected chi connectivity index (χ1v) is 7.29. The zero-order valence-corrected chi connectivity index (χ0v) is 12.7. The first-order valence-electron chi connectivity index (χ1n) is 6.49. The molecule has 20 heavy (non-hydrogen) atoms. The van der Waals surface area contributed by atoms with Crippen molar-refractivity contribution in [3.05, 3.63) is 64.1 Å². The molecule has 2 aromatic carbocycles. The van der Waals surface area contributed by atoms with Crippen molar-refractivity contribution < 1.29 is 4.79 Å². The maximum Gasteiger partial charge on any atom is 0.220 e. The Balaban J connectivity index is 1.78. The summed E-state index contributed by atoms with van der Waals surface area (Å²) in [5.74, 6) is 0.0533. The summed E-state index contributed by atoms with van der Waals surface area (Å²) >= 11 is 3.47. The molecule has 2 aromatic rings. The third-order valence-corrected chi connectivity index (χ3v) is 3.83. The quantitative estimate of drug-likeness (QED) is 0.825. The Hall–Kier alpha value is -1.81. The molecule has 0 unspecified atom stereocenters. The van der Waals surface area contributed by atoms with E-state index in [4.69, 9.17) is 5.73 Å². The molecule has 0 aliphatic heterocycles. The molecule has 0 saturated carbocycles. The monoisotopic (exact) mass is 332 g/mol. The molecule has 104 valence electrons. The summed E-state index contributed by atoms with van der Waals surface area (Å²) in [4.78, 5) is 11.8. The number of anilines is 1. The van der Waals surface area contributed by atoms with Gasteiger partial charge in [-0.3, -0.25) is 4.79 Å².